The van der Waals surface area contributed by atoms with Gasteiger partial charge in [-0.3, -0.25) is 4.79 Å². The second-order valence-corrected chi connectivity index (χ2v) is 9.21. The van der Waals surface area contributed by atoms with Gasteiger partial charge in [0.2, 0.25) is 15.8 Å². The maximum atomic E-state index is 13.1. The minimum Gasteiger partial charge on any atom is -0.454 e. The van der Waals surface area contributed by atoms with Crippen molar-refractivity contribution in [3.63, 3.8) is 0 Å². The number of carbonyl (C=O) groups excluding carboxylic acids is 2. The van der Waals surface area contributed by atoms with Crippen LogP contribution in [0.3, 0.4) is 0 Å². The fraction of sp³-hybridized carbons (Fsp3) is 0.421. The van der Waals surface area contributed by atoms with Crippen molar-refractivity contribution in [2.24, 2.45) is 5.73 Å². The van der Waals surface area contributed by atoms with Crippen molar-refractivity contribution < 1.29 is 27.5 Å². The first-order chi connectivity index (χ1) is 14.0. The van der Waals surface area contributed by atoms with Gasteiger partial charge in [0.1, 0.15) is 16.5 Å². The molecule has 9 nitrogen and oxygen atoms in total. The number of halogens is 1. The van der Waals surface area contributed by atoms with Gasteiger partial charge in [-0.2, -0.15) is 9.57 Å². The molecule has 0 spiro atoms. The number of carbonyl (C=O) groups is 2. The number of nitrogens with zero attached hydrogens (tertiary/aromatic N) is 2. The SMILES string of the molecule is C/C(N)=C(\C#N)C(=O)COC(=O)c1ccc(Cl)c(S(=O)(=O)N2CC(C)OC(C)C2)c1. The van der Waals surface area contributed by atoms with Crippen molar-refractivity contribution in [3.8, 4) is 6.07 Å². The molecule has 2 rings (SSSR count). The maximum absolute atomic E-state index is 13.1. The van der Waals surface area contributed by atoms with E-state index in [1.54, 1.807) is 19.9 Å². The number of nitriles is 1. The van der Waals surface area contributed by atoms with Gasteiger partial charge >= 0.3 is 5.97 Å². The molecule has 11 heteroatoms. The zero-order valence-corrected chi connectivity index (χ0v) is 18.3. The molecule has 1 aromatic carbocycles. The number of sulfonamides is 1. The number of ether oxygens (including phenoxy) is 2. The Bertz CT molecular complexity index is 1020. The Kier molecular flexibility index (Phi) is 7.60. The van der Waals surface area contributed by atoms with Gasteiger partial charge in [-0.15, -0.1) is 0 Å². The number of ketones is 1. The normalized spacial score (nSPS) is 20.8. The van der Waals surface area contributed by atoms with Gasteiger partial charge < -0.3 is 15.2 Å². The molecule has 162 valence electrons. The Morgan fingerprint density at radius 2 is 1.93 bits per heavy atom. The Labute approximate surface area is 180 Å². The Balaban J connectivity index is 2.24. The summed E-state index contributed by atoms with van der Waals surface area (Å²) in [6.07, 6.45) is -0.593. The molecule has 2 atom stereocenters. The zero-order valence-electron chi connectivity index (χ0n) is 16.7. The smallest absolute Gasteiger partial charge is 0.338 e. The molecule has 1 heterocycles. The third-order valence-electron chi connectivity index (χ3n) is 4.29. The van der Waals surface area contributed by atoms with Gasteiger partial charge in [0.15, 0.2) is 6.61 Å². The molecule has 1 aliphatic heterocycles. The molecule has 30 heavy (non-hydrogen) atoms. The highest BCUT2D eigenvalue weighted by Crippen LogP contribution is 2.28. The lowest BCUT2D eigenvalue weighted by atomic mass is 10.1. The number of rotatable bonds is 6. The summed E-state index contributed by atoms with van der Waals surface area (Å²) in [7, 11) is -3.99. The predicted molar refractivity (Wildman–Crippen MR) is 108 cm³/mol. The van der Waals surface area contributed by atoms with E-state index < -0.39 is 28.4 Å². The molecule has 1 saturated heterocycles. The van der Waals surface area contributed by atoms with Crippen LogP contribution in [0.25, 0.3) is 0 Å². The summed E-state index contributed by atoms with van der Waals surface area (Å²) >= 11 is 6.10. The molecule has 1 aromatic rings. The van der Waals surface area contributed by atoms with Crippen LogP contribution in [-0.2, 0) is 24.3 Å². The van der Waals surface area contributed by atoms with E-state index in [9.17, 15) is 18.0 Å². The molecule has 0 bridgehead atoms. The van der Waals surface area contributed by atoms with Crippen LogP contribution < -0.4 is 5.73 Å². The van der Waals surface area contributed by atoms with Crippen molar-refractivity contribution in [3.05, 3.63) is 40.1 Å². The molecular formula is C19H22ClN3O6S. The van der Waals surface area contributed by atoms with Gasteiger partial charge in [0, 0.05) is 18.8 Å². The fourth-order valence-corrected chi connectivity index (χ4v) is 5.04. The van der Waals surface area contributed by atoms with Crippen LogP contribution in [0.2, 0.25) is 5.02 Å². The van der Waals surface area contributed by atoms with Crippen LogP contribution in [0.5, 0.6) is 0 Å². The number of hydrogen-bond donors (Lipinski definition) is 1. The van der Waals surface area contributed by atoms with E-state index in [0.29, 0.717) is 0 Å². The van der Waals surface area contributed by atoms with Crippen molar-refractivity contribution in [2.75, 3.05) is 19.7 Å². The summed E-state index contributed by atoms with van der Waals surface area (Å²) in [5, 5.41) is 8.87. The van der Waals surface area contributed by atoms with Crippen LogP contribution >= 0.6 is 11.6 Å². The van der Waals surface area contributed by atoms with E-state index in [1.807, 2.05) is 0 Å². The van der Waals surface area contributed by atoms with E-state index >= 15 is 0 Å². The Morgan fingerprint density at radius 1 is 1.33 bits per heavy atom. The third kappa shape index (κ3) is 5.37. The number of Topliss-reactive ketones (excluding diaryl/α,β-unsaturated/α-hetero) is 1. The summed E-state index contributed by atoms with van der Waals surface area (Å²) in [4.78, 5) is 24.0. The molecule has 1 fully saturated rings. The fourth-order valence-electron chi connectivity index (χ4n) is 2.95. The van der Waals surface area contributed by atoms with E-state index in [4.69, 9.17) is 32.1 Å². The highest BCUT2D eigenvalue weighted by Gasteiger charge is 2.34. The first-order valence-corrected chi connectivity index (χ1v) is 10.8. The van der Waals surface area contributed by atoms with Crippen molar-refractivity contribution in [2.45, 2.75) is 37.9 Å². The van der Waals surface area contributed by atoms with E-state index in [2.05, 4.69) is 0 Å². The lowest BCUT2D eigenvalue weighted by Gasteiger charge is -2.34. The topological polar surface area (TPSA) is 140 Å². The summed E-state index contributed by atoms with van der Waals surface area (Å²) in [6.45, 7) is 4.48. The number of esters is 1. The van der Waals surface area contributed by atoms with E-state index in [1.165, 1.54) is 23.4 Å². The van der Waals surface area contributed by atoms with Crippen LogP contribution in [0.15, 0.2) is 34.4 Å². The second kappa shape index (κ2) is 9.57. The van der Waals surface area contributed by atoms with Crippen LogP contribution in [0.1, 0.15) is 31.1 Å². The lowest BCUT2D eigenvalue weighted by Crippen LogP contribution is -2.48. The molecule has 0 aliphatic carbocycles. The van der Waals surface area contributed by atoms with Crippen LogP contribution in [-0.4, -0.2) is 56.4 Å². The van der Waals surface area contributed by atoms with Crippen molar-refractivity contribution >= 4 is 33.4 Å². The average Bonchev–Trinajstić information content (AvgIpc) is 2.65. The minimum atomic E-state index is -3.99. The Morgan fingerprint density at radius 3 is 2.47 bits per heavy atom. The van der Waals surface area contributed by atoms with E-state index in [-0.39, 0.29) is 52.0 Å². The standard InChI is InChI=1S/C19H22ClN3O6S/c1-11-8-23(9-12(2)29-11)30(26,27)18-6-14(4-5-16(18)20)19(25)28-10-17(24)15(7-21)13(3)22/h4-6,11-12H,8-10,22H2,1-3H3/b15-13-. The molecule has 0 aromatic heterocycles. The number of hydrogen-bond acceptors (Lipinski definition) is 8. The average molecular weight is 456 g/mol. The predicted octanol–water partition coefficient (Wildman–Crippen LogP) is 1.62. The van der Waals surface area contributed by atoms with Crippen LogP contribution in [0.4, 0.5) is 0 Å². The number of allylic oxidation sites excluding steroid dienone is 1. The molecule has 1 aliphatic rings. The second-order valence-electron chi connectivity index (χ2n) is 6.89. The maximum Gasteiger partial charge on any atom is 0.338 e. The molecule has 0 saturated carbocycles. The Hall–Kier alpha value is -2.45. The summed E-state index contributed by atoms with van der Waals surface area (Å²) in [5.74, 6) is -1.70. The first kappa shape index (κ1) is 23.8. The highest BCUT2D eigenvalue weighted by atomic mass is 35.5. The van der Waals surface area contributed by atoms with Gasteiger partial charge in [0.25, 0.3) is 0 Å². The van der Waals surface area contributed by atoms with Crippen molar-refractivity contribution in [1.82, 2.24) is 4.31 Å². The van der Waals surface area contributed by atoms with Gasteiger partial charge in [-0.25, -0.2) is 13.2 Å². The molecule has 0 radical (unpaired) electrons. The van der Waals surface area contributed by atoms with E-state index in [0.717, 1.165) is 6.07 Å². The van der Waals surface area contributed by atoms with Crippen molar-refractivity contribution in [1.29, 1.82) is 5.26 Å². The molecular weight excluding hydrogens is 434 g/mol. The lowest BCUT2D eigenvalue weighted by molar-refractivity contribution is -0.118. The first-order valence-electron chi connectivity index (χ1n) is 8.99. The van der Waals surface area contributed by atoms with Gasteiger partial charge in [-0.1, -0.05) is 11.6 Å². The monoisotopic (exact) mass is 455 g/mol. The quantitative estimate of drug-likeness (QED) is 0.387. The summed E-state index contributed by atoms with van der Waals surface area (Å²) in [5.41, 5.74) is 5.04. The molecule has 0 amide bonds. The minimum absolute atomic E-state index is 0.00684. The molecule has 2 unspecified atom stereocenters. The van der Waals surface area contributed by atoms with Gasteiger partial charge in [0.05, 0.1) is 22.8 Å². The summed E-state index contributed by atoms with van der Waals surface area (Å²) in [6, 6.07) is 5.30. The number of nitrogens with two attached hydrogens (primary N) is 1. The third-order valence-corrected chi connectivity index (χ3v) is 6.60. The van der Waals surface area contributed by atoms with Crippen LogP contribution in [0, 0.1) is 11.3 Å². The zero-order chi connectivity index (χ0) is 22.6. The highest BCUT2D eigenvalue weighted by molar-refractivity contribution is 7.89. The largest absolute Gasteiger partial charge is 0.454 e. The molecule has 2 N–H and O–H groups in total. The number of morpholine rings is 1. The summed E-state index contributed by atoms with van der Waals surface area (Å²) < 4.78 is 37.9. The van der Waals surface area contributed by atoms with Gasteiger partial charge in [-0.05, 0) is 39.0 Å². The number of benzene rings is 1.